The van der Waals surface area contributed by atoms with Crippen molar-refractivity contribution >= 4 is 21.7 Å². The van der Waals surface area contributed by atoms with Crippen molar-refractivity contribution in [3.05, 3.63) is 48.2 Å². The summed E-state index contributed by atoms with van der Waals surface area (Å²) in [5.74, 6) is 0.949. The molecule has 2 heterocycles. The number of rotatable bonds is 6. The number of furan rings is 1. The second kappa shape index (κ2) is 6.79. The maximum atomic E-state index is 9.37. The fourth-order valence-electron chi connectivity index (χ4n) is 3.81. The summed E-state index contributed by atoms with van der Waals surface area (Å²) in [5, 5.41) is 16.6. The Hall–Kier alpha value is -1.88. The largest absolute Gasteiger partial charge is 0.459 e. The minimum Gasteiger partial charge on any atom is -0.459 e. The lowest BCUT2D eigenvalue weighted by molar-refractivity contribution is 0.122. The zero-order chi connectivity index (χ0) is 17.3. The lowest BCUT2D eigenvalue weighted by Crippen LogP contribution is -2.36. The summed E-state index contributed by atoms with van der Waals surface area (Å²) in [6.45, 7) is 4.66. The van der Waals surface area contributed by atoms with E-state index in [-0.39, 0.29) is 18.1 Å². The van der Waals surface area contributed by atoms with E-state index >= 15 is 0 Å². The molecule has 0 unspecified atom stereocenters. The average molecular weight is 339 g/mol. The van der Waals surface area contributed by atoms with Gasteiger partial charge in [0.25, 0.3) is 0 Å². The van der Waals surface area contributed by atoms with Crippen molar-refractivity contribution in [1.82, 2.24) is 5.32 Å². The third kappa shape index (κ3) is 3.17. The highest BCUT2D eigenvalue weighted by atomic mass is 16.5. The van der Waals surface area contributed by atoms with Crippen LogP contribution < -0.4 is 5.32 Å². The van der Waals surface area contributed by atoms with Gasteiger partial charge in [-0.1, -0.05) is 30.3 Å². The molecule has 25 heavy (non-hydrogen) atoms. The first kappa shape index (κ1) is 16.6. The van der Waals surface area contributed by atoms with Gasteiger partial charge in [-0.25, -0.2) is 0 Å². The Balaban J connectivity index is 1.55. The lowest BCUT2D eigenvalue weighted by atomic mass is 9.83. The van der Waals surface area contributed by atoms with Crippen LogP contribution in [0.5, 0.6) is 0 Å². The van der Waals surface area contributed by atoms with Crippen LogP contribution in [0.15, 0.2) is 46.9 Å². The second-order valence-electron chi connectivity index (χ2n) is 7.23. The summed E-state index contributed by atoms with van der Waals surface area (Å²) >= 11 is 0. The Kier molecular flexibility index (Phi) is 4.50. The number of fused-ring (bicyclic) bond motifs is 3. The van der Waals surface area contributed by atoms with E-state index in [0.29, 0.717) is 0 Å². The Morgan fingerprint density at radius 1 is 1.20 bits per heavy atom. The summed E-state index contributed by atoms with van der Waals surface area (Å²) in [5.41, 5.74) is 0.971. The molecule has 4 heteroatoms. The number of ether oxygens (including phenoxy) is 1. The van der Waals surface area contributed by atoms with Crippen LogP contribution in [0.2, 0.25) is 0 Å². The van der Waals surface area contributed by atoms with Gasteiger partial charge < -0.3 is 19.6 Å². The molecule has 4 rings (SSSR count). The van der Waals surface area contributed by atoms with Gasteiger partial charge in [0.05, 0.1) is 12.6 Å². The molecule has 1 saturated heterocycles. The first-order valence-corrected chi connectivity index (χ1v) is 9.04. The quantitative estimate of drug-likeness (QED) is 0.712. The standard InChI is InChI=1S/C21H25NO3/c1-15(22-13-21(8-10-23)9-11-24-14-21)20-12-18-17-5-3-2-4-16(17)6-7-19(18)25-20/h2-7,12,15,22-23H,8-11,13-14H2,1H3/t15-,21-/m1/s1. The van der Waals surface area contributed by atoms with Crippen LogP contribution in [0.4, 0.5) is 0 Å². The normalized spacial score (nSPS) is 22.0. The molecule has 1 aliphatic rings. The number of hydrogen-bond acceptors (Lipinski definition) is 4. The van der Waals surface area contributed by atoms with Gasteiger partial charge in [0, 0.05) is 30.6 Å². The molecule has 4 nitrogen and oxygen atoms in total. The van der Waals surface area contributed by atoms with Crippen LogP contribution in [0.3, 0.4) is 0 Å². The number of aliphatic hydroxyl groups excluding tert-OH is 1. The molecule has 1 aliphatic heterocycles. The summed E-state index contributed by atoms with van der Waals surface area (Å²) in [4.78, 5) is 0. The summed E-state index contributed by atoms with van der Waals surface area (Å²) < 4.78 is 11.7. The van der Waals surface area contributed by atoms with Crippen LogP contribution in [-0.2, 0) is 4.74 Å². The SMILES string of the molecule is C[C@@H](NC[C@@]1(CCO)CCOC1)c1cc2c(ccc3ccccc32)o1. The Labute approximate surface area is 147 Å². The molecule has 3 aromatic rings. The van der Waals surface area contributed by atoms with Crippen molar-refractivity contribution in [2.24, 2.45) is 5.41 Å². The van der Waals surface area contributed by atoms with Gasteiger partial charge in [-0.05, 0) is 42.7 Å². The molecule has 132 valence electrons. The second-order valence-corrected chi connectivity index (χ2v) is 7.23. The Bertz CT molecular complexity index is 864. The molecule has 0 bridgehead atoms. The van der Waals surface area contributed by atoms with E-state index in [9.17, 15) is 5.11 Å². The van der Waals surface area contributed by atoms with Crippen molar-refractivity contribution in [3.8, 4) is 0 Å². The molecular formula is C21H25NO3. The van der Waals surface area contributed by atoms with Crippen molar-refractivity contribution < 1.29 is 14.3 Å². The van der Waals surface area contributed by atoms with Crippen LogP contribution >= 0.6 is 0 Å². The summed E-state index contributed by atoms with van der Waals surface area (Å²) in [6.07, 6.45) is 1.77. The predicted molar refractivity (Wildman–Crippen MR) is 99.7 cm³/mol. The van der Waals surface area contributed by atoms with Gasteiger partial charge in [0.1, 0.15) is 11.3 Å². The maximum Gasteiger partial charge on any atom is 0.135 e. The first-order chi connectivity index (χ1) is 12.2. The van der Waals surface area contributed by atoms with Gasteiger partial charge in [0.15, 0.2) is 0 Å². The molecular weight excluding hydrogens is 314 g/mol. The van der Waals surface area contributed by atoms with Crippen molar-refractivity contribution in [2.75, 3.05) is 26.4 Å². The minimum absolute atomic E-state index is 0.0434. The van der Waals surface area contributed by atoms with E-state index in [0.717, 1.165) is 49.3 Å². The topological polar surface area (TPSA) is 54.6 Å². The smallest absolute Gasteiger partial charge is 0.135 e. The van der Waals surface area contributed by atoms with Gasteiger partial charge in [0.2, 0.25) is 0 Å². The summed E-state index contributed by atoms with van der Waals surface area (Å²) in [6, 6.07) is 14.8. The molecule has 2 N–H and O–H groups in total. The maximum absolute atomic E-state index is 9.37. The Morgan fingerprint density at radius 3 is 2.88 bits per heavy atom. The molecule has 0 radical (unpaired) electrons. The van der Waals surface area contributed by atoms with Crippen LogP contribution in [-0.4, -0.2) is 31.5 Å². The van der Waals surface area contributed by atoms with Crippen LogP contribution in [0, 0.1) is 5.41 Å². The van der Waals surface area contributed by atoms with Gasteiger partial charge >= 0.3 is 0 Å². The van der Waals surface area contributed by atoms with Crippen LogP contribution in [0.1, 0.15) is 31.6 Å². The molecule has 1 aromatic heterocycles. The summed E-state index contributed by atoms with van der Waals surface area (Å²) in [7, 11) is 0. The lowest BCUT2D eigenvalue weighted by Gasteiger charge is -2.28. The average Bonchev–Trinajstić information content (AvgIpc) is 3.27. The van der Waals surface area contributed by atoms with Crippen molar-refractivity contribution in [3.63, 3.8) is 0 Å². The highest BCUT2D eigenvalue weighted by molar-refractivity contribution is 6.05. The van der Waals surface area contributed by atoms with Gasteiger partial charge in [-0.3, -0.25) is 0 Å². The number of aliphatic hydroxyl groups is 1. The molecule has 0 spiro atoms. The van der Waals surface area contributed by atoms with E-state index in [1.54, 1.807) is 0 Å². The zero-order valence-electron chi connectivity index (χ0n) is 14.6. The van der Waals surface area contributed by atoms with E-state index < -0.39 is 0 Å². The molecule has 2 atom stereocenters. The van der Waals surface area contributed by atoms with E-state index in [4.69, 9.17) is 9.15 Å². The molecule has 2 aromatic carbocycles. The third-order valence-corrected chi connectivity index (χ3v) is 5.48. The highest BCUT2D eigenvalue weighted by Gasteiger charge is 2.34. The van der Waals surface area contributed by atoms with E-state index in [1.807, 2.05) is 6.07 Å². The fourth-order valence-corrected chi connectivity index (χ4v) is 3.81. The minimum atomic E-state index is 0.0434. The molecule has 0 saturated carbocycles. The monoisotopic (exact) mass is 339 g/mol. The van der Waals surface area contributed by atoms with Gasteiger partial charge in [-0.2, -0.15) is 0 Å². The van der Waals surface area contributed by atoms with E-state index in [1.165, 1.54) is 10.8 Å². The molecule has 0 amide bonds. The molecule has 1 fully saturated rings. The predicted octanol–water partition coefficient (Wildman–Crippen LogP) is 4.03. The number of nitrogens with one attached hydrogen (secondary N) is 1. The number of benzene rings is 2. The van der Waals surface area contributed by atoms with Crippen molar-refractivity contribution in [1.29, 1.82) is 0 Å². The van der Waals surface area contributed by atoms with Crippen LogP contribution in [0.25, 0.3) is 21.7 Å². The Morgan fingerprint density at radius 2 is 2.08 bits per heavy atom. The fraction of sp³-hybridized carbons (Fsp3) is 0.429. The first-order valence-electron chi connectivity index (χ1n) is 9.04. The van der Waals surface area contributed by atoms with Crippen molar-refractivity contribution in [2.45, 2.75) is 25.8 Å². The zero-order valence-corrected chi connectivity index (χ0v) is 14.6. The third-order valence-electron chi connectivity index (χ3n) is 5.48. The van der Waals surface area contributed by atoms with Gasteiger partial charge in [-0.15, -0.1) is 0 Å². The molecule has 0 aliphatic carbocycles. The highest BCUT2D eigenvalue weighted by Crippen LogP contribution is 2.34. The number of hydrogen-bond donors (Lipinski definition) is 2. The van der Waals surface area contributed by atoms with E-state index in [2.05, 4.69) is 48.6 Å².